The third-order valence-electron chi connectivity index (χ3n) is 5.42. The highest BCUT2D eigenvalue weighted by Gasteiger charge is 2.22. The zero-order valence-electron chi connectivity index (χ0n) is 17.6. The number of fused-ring (bicyclic) bond motifs is 1. The van der Waals surface area contributed by atoms with Gasteiger partial charge in [0.2, 0.25) is 0 Å². The topological polar surface area (TPSA) is 46.9 Å². The highest BCUT2D eigenvalue weighted by atomic mass is 32.1. The Morgan fingerprint density at radius 2 is 1.97 bits per heavy atom. The molecule has 0 aliphatic carbocycles. The van der Waals surface area contributed by atoms with Crippen LogP contribution in [-0.2, 0) is 9.53 Å². The molecule has 1 fully saturated rings. The van der Waals surface area contributed by atoms with E-state index in [1.165, 1.54) is 10.5 Å². The molecule has 0 unspecified atom stereocenters. The van der Waals surface area contributed by atoms with Gasteiger partial charge in [0.25, 0.3) is 5.91 Å². The Labute approximate surface area is 181 Å². The van der Waals surface area contributed by atoms with Crippen molar-refractivity contribution < 1.29 is 14.4 Å². The molecule has 0 bridgehead atoms. The van der Waals surface area contributed by atoms with E-state index in [1.807, 2.05) is 41.3 Å². The molecule has 3 aromatic rings. The number of amides is 1. The van der Waals surface area contributed by atoms with Crippen molar-refractivity contribution in [3.8, 4) is 0 Å². The number of benzene rings is 2. The van der Waals surface area contributed by atoms with Crippen molar-refractivity contribution in [3.63, 3.8) is 0 Å². The lowest BCUT2D eigenvalue weighted by atomic mass is 10.1. The molecule has 0 saturated carbocycles. The first kappa shape index (κ1) is 20.7. The molecule has 4 rings (SSSR count). The number of rotatable bonds is 6. The van der Waals surface area contributed by atoms with Crippen molar-refractivity contribution in [1.29, 1.82) is 0 Å². The van der Waals surface area contributed by atoms with Crippen LogP contribution >= 0.6 is 11.3 Å². The lowest BCUT2D eigenvalue weighted by Crippen LogP contribution is -3.14. The van der Waals surface area contributed by atoms with Gasteiger partial charge >= 0.3 is 0 Å². The van der Waals surface area contributed by atoms with E-state index in [1.54, 1.807) is 17.4 Å². The molecule has 1 aliphatic heterocycles. The third-order valence-corrected chi connectivity index (χ3v) is 6.45. The van der Waals surface area contributed by atoms with Crippen molar-refractivity contribution in [2.75, 3.05) is 44.3 Å². The molecule has 156 valence electrons. The van der Waals surface area contributed by atoms with Crippen molar-refractivity contribution in [1.82, 2.24) is 4.98 Å². The summed E-state index contributed by atoms with van der Waals surface area (Å²) < 4.78 is 6.60. The van der Waals surface area contributed by atoms with Crippen LogP contribution in [0.1, 0.15) is 16.7 Å². The number of ether oxygens (including phenoxy) is 1. The monoisotopic (exact) mass is 422 g/mol. The Kier molecular flexibility index (Phi) is 6.57. The van der Waals surface area contributed by atoms with E-state index in [4.69, 9.17) is 9.72 Å². The fraction of sp³-hybridized carbons (Fsp3) is 0.333. The lowest BCUT2D eigenvalue weighted by Gasteiger charge is -2.26. The normalized spacial score (nSPS) is 15.1. The van der Waals surface area contributed by atoms with E-state index >= 15 is 0 Å². The number of anilines is 1. The van der Waals surface area contributed by atoms with Crippen LogP contribution in [-0.4, -0.2) is 50.3 Å². The molecule has 0 atom stereocenters. The molecule has 2 heterocycles. The molecule has 30 heavy (non-hydrogen) atoms. The summed E-state index contributed by atoms with van der Waals surface area (Å²) in [7, 11) is 0. The van der Waals surface area contributed by atoms with E-state index in [0.29, 0.717) is 6.54 Å². The minimum Gasteiger partial charge on any atom is -0.370 e. The van der Waals surface area contributed by atoms with Gasteiger partial charge in [-0.3, -0.25) is 9.69 Å². The Balaban J connectivity index is 1.60. The van der Waals surface area contributed by atoms with Crippen molar-refractivity contribution in [3.05, 3.63) is 65.2 Å². The minimum atomic E-state index is -0.0278. The van der Waals surface area contributed by atoms with Crippen LogP contribution in [0.25, 0.3) is 16.3 Å². The number of carbonyl (C=O) groups is 1. The quantitative estimate of drug-likeness (QED) is 0.622. The Morgan fingerprint density at radius 1 is 1.20 bits per heavy atom. The predicted octanol–water partition coefficient (Wildman–Crippen LogP) is 2.87. The fourth-order valence-corrected chi connectivity index (χ4v) is 4.95. The van der Waals surface area contributed by atoms with Gasteiger partial charge in [0.15, 0.2) is 5.13 Å². The van der Waals surface area contributed by atoms with Crippen molar-refractivity contribution >= 4 is 38.7 Å². The first-order chi connectivity index (χ1) is 14.6. The molecule has 0 radical (unpaired) electrons. The first-order valence-electron chi connectivity index (χ1n) is 10.4. The highest BCUT2D eigenvalue weighted by Crippen LogP contribution is 2.31. The number of nitrogens with one attached hydrogen (secondary N) is 1. The Morgan fingerprint density at radius 3 is 2.73 bits per heavy atom. The number of thiazole rings is 1. The molecule has 1 N–H and O–H groups in total. The second-order valence-corrected chi connectivity index (χ2v) is 8.78. The van der Waals surface area contributed by atoms with Crippen molar-refractivity contribution in [2.24, 2.45) is 0 Å². The van der Waals surface area contributed by atoms with Crippen LogP contribution in [0, 0.1) is 13.8 Å². The Bertz CT molecular complexity index is 1040. The SMILES string of the molecule is Cc1cc(C)c2nc(N(CC[NH+]3CCOCC3)C(=O)/C=C/c3ccccc3)sc2c1. The maximum Gasteiger partial charge on any atom is 0.252 e. The van der Waals surface area contributed by atoms with Gasteiger partial charge in [0.1, 0.15) is 13.1 Å². The number of carbonyl (C=O) groups excluding carboxylic acids is 1. The molecule has 6 heteroatoms. The number of hydrogen-bond acceptors (Lipinski definition) is 4. The van der Waals surface area contributed by atoms with Crippen LogP contribution in [0.3, 0.4) is 0 Å². The number of morpholine rings is 1. The van der Waals surface area contributed by atoms with Gasteiger partial charge in [-0.05, 0) is 42.7 Å². The molecular formula is C24H28N3O2S+. The van der Waals surface area contributed by atoms with Crippen LogP contribution in [0.2, 0.25) is 0 Å². The van der Waals surface area contributed by atoms with Gasteiger partial charge in [0.05, 0.1) is 36.5 Å². The molecule has 1 amide bonds. The molecule has 2 aromatic carbocycles. The number of aromatic nitrogens is 1. The van der Waals surface area contributed by atoms with E-state index < -0.39 is 0 Å². The highest BCUT2D eigenvalue weighted by molar-refractivity contribution is 7.22. The van der Waals surface area contributed by atoms with E-state index in [9.17, 15) is 4.79 Å². The average molecular weight is 423 g/mol. The smallest absolute Gasteiger partial charge is 0.252 e. The summed E-state index contributed by atoms with van der Waals surface area (Å²) in [6.07, 6.45) is 3.54. The summed E-state index contributed by atoms with van der Waals surface area (Å²) in [6, 6.07) is 14.2. The van der Waals surface area contributed by atoms with Gasteiger partial charge in [-0.1, -0.05) is 47.7 Å². The van der Waals surface area contributed by atoms with Gasteiger partial charge < -0.3 is 9.64 Å². The number of aryl methyl sites for hydroxylation is 2. The summed E-state index contributed by atoms with van der Waals surface area (Å²) >= 11 is 1.60. The minimum absolute atomic E-state index is 0.0278. The third kappa shape index (κ3) is 4.95. The van der Waals surface area contributed by atoms with Gasteiger partial charge in [-0.2, -0.15) is 0 Å². The van der Waals surface area contributed by atoms with Gasteiger partial charge in [0, 0.05) is 6.08 Å². The summed E-state index contributed by atoms with van der Waals surface area (Å²) in [4.78, 5) is 21.3. The number of hydrogen-bond donors (Lipinski definition) is 1. The van der Waals surface area contributed by atoms with Gasteiger partial charge in [-0.25, -0.2) is 4.98 Å². The Hall–Kier alpha value is -2.54. The van der Waals surface area contributed by atoms with Crippen molar-refractivity contribution in [2.45, 2.75) is 13.8 Å². The number of quaternary nitrogens is 1. The largest absolute Gasteiger partial charge is 0.370 e. The van der Waals surface area contributed by atoms with Crippen LogP contribution in [0.4, 0.5) is 5.13 Å². The summed E-state index contributed by atoms with van der Waals surface area (Å²) in [6.45, 7) is 9.26. The molecule has 1 aromatic heterocycles. The maximum absolute atomic E-state index is 13.2. The summed E-state index contributed by atoms with van der Waals surface area (Å²) in [5, 5.41) is 0.772. The zero-order valence-corrected chi connectivity index (χ0v) is 18.4. The average Bonchev–Trinajstić information content (AvgIpc) is 3.18. The molecule has 1 saturated heterocycles. The zero-order chi connectivity index (χ0) is 20.9. The molecule has 0 spiro atoms. The van der Waals surface area contributed by atoms with E-state index in [2.05, 4.69) is 26.0 Å². The molecular weight excluding hydrogens is 394 g/mol. The maximum atomic E-state index is 13.2. The van der Waals surface area contributed by atoms with Crippen LogP contribution in [0.15, 0.2) is 48.5 Å². The summed E-state index contributed by atoms with van der Waals surface area (Å²) in [5.41, 5.74) is 4.37. The predicted molar refractivity (Wildman–Crippen MR) is 123 cm³/mol. The fourth-order valence-electron chi connectivity index (χ4n) is 3.78. The van der Waals surface area contributed by atoms with E-state index in [0.717, 1.165) is 59.3 Å². The first-order valence-corrected chi connectivity index (χ1v) is 11.3. The van der Waals surface area contributed by atoms with Crippen LogP contribution < -0.4 is 9.80 Å². The standard InChI is InChI=1S/C24H27N3O2S/c1-18-16-19(2)23-21(17-18)30-24(25-23)27(11-10-26-12-14-29-15-13-26)22(28)9-8-20-6-4-3-5-7-20/h3-9,16-17H,10-15H2,1-2H3/p+1/b9-8+. The van der Waals surface area contributed by atoms with E-state index in [-0.39, 0.29) is 5.91 Å². The molecule has 1 aliphatic rings. The summed E-state index contributed by atoms with van der Waals surface area (Å²) in [5.74, 6) is -0.0278. The second-order valence-electron chi connectivity index (χ2n) is 7.77. The lowest BCUT2D eigenvalue weighted by molar-refractivity contribution is -0.906. The van der Waals surface area contributed by atoms with Crippen LogP contribution in [0.5, 0.6) is 0 Å². The molecule has 5 nitrogen and oxygen atoms in total. The van der Waals surface area contributed by atoms with Gasteiger partial charge in [-0.15, -0.1) is 0 Å². The number of nitrogens with zero attached hydrogens (tertiary/aromatic N) is 2. The second kappa shape index (κ2) is 9.51.